The van der Waals surface area contributed by atoms with E-state index in [1.54, 1.807) is 6.07 Å². The second kappa shape index (κ2) is 7.19. The summed E-state index contributed by atoms with van der Waals surface area (Å²) in [5, 5.41) is 3.63. The van der Waals surface area contributed by atoms with Crippen LogP contribution in [0, 0.1) is 5.92 Å². The van der Waals surface area contributed by atoms with Crippen LogP contribution in [0.25, 0.3) is 0 Å². The minimum Gasteiger partial charge on any atom is -0.364 e. The van der Waals surface area contributed by atoms with Gasteiger partial charge in [0.2, 0.25) is 10.0 Å². The Morgan fingerprint density at radius 3 is 2.80 bits per heavy atom. The molecule has 0 atom stereocenters. The van der Waals surface area contributed by atoms with E-state index in [-0.39, 0.29) is 5.75 Å². The normalized spacial score (nSPS) is 18.4. The van der Waals surface area contributed by atoms with Crippen molar-refractivity contribution in [1.29, 1.82) is 0 Å². The van der Waals surface area contributed by atoms with Gasteiger partial charge in [0.25, 0.3) is 0 Å². The summed E-state index contributed by atoms with van der Waals surface area (Å²) in [6, 6.07) is 1.57. The summed E-state index contributed by atoms with van der Waals surface area (Å²) >= 11 is 0. The molecule has 0 radical (unpaired) electrons. The van der Waals surface area contributed by atoms with E-state index in [1.165, 1.54) is 12.7 Å². The van der Waals surface area contributed by atoms with Crippen molar-refractivity contribution >= 4 is 10.0 Å². The summed E-state index contributed by atoms with van der Waals surface area (Å²) in [7, 11) is -3.31. The second-order valence-electron chi connectivity index (χ2n) is 5.38. The van der Waals surface area contributed by atoms with Crippen LogP contribution in [0.1, 0.15) is 31.9 Å². The van der Waals surface area contributed by atoms with Crippen molar-refractivity contribution in [3.8, 4) is 0 Å². The highest BCUT2D eigenvalue weighted by molar-refractivity contribution is 7.88. The van der Waals surface area contributed by atoms with Gasteiger partial charge < -0.3 is 9.42 Å². The van der Waals surface area contributed by atoms with Gasteiger partial charge in [-0.2, -0.15) is 0 Å². The minimum absolute atomic E-state index is 0.113. The van der Waals surface area contributed by atoms with Crippen molar-refractivity contribution < 1.29 is 12.9 Å². The number of aromatic nitrogens is 1. The first kappa shape index (κ1) is 15.5. The third-order valence-electron chi connectivity index (χ3n) is 3.67. The average molecular weight is 301 g/mol. The number of likely N-dealkylation sites (tertiary alicyclic amines) is 1. The lowest BCUT2D eigenvalue weighted by molar-refractivity contribution is 0.186. The van der Waals surface area contributed by atoms with Crippen LogP contribution in [0.15, 0.2) is 16.9 Å². The Morgan fingerprint density at radius 1 is 1.45 bits per heavy atom. The molecule has 1 aliphatic heterocycles. The molecule has 20 heavy (non-hydrogen) atoms. The number of sulfonamides is 1. The minimum atomic E-state index is -3.31. The van der Waals surface area contributed by atoms with E-state index >= 15 is 0 Å². The quantitative estimate of drug-likeness (QED) is 0.819. The zero-order valence-corrected chi connectivity index (χ0v) is 12.7. The molecule has 0 amide bonds. The monoisotopic (exact) mass is 301 g/mol. The van der Waals surface area contributed by atoms with Gasteiger partial charge in [0.15, 0.2) is 0 Å². The molecule has 0 aliphatic carbocycles. The fraction of sp³-hybridized carbons (Fsp3) is 0.769. The number of nitrogens with one attached hydrogen (secondary N) is 1. The summed E-state index contributed by atoms with van der Waals surface area (Å²) in [5.41, 5.74) is 0.440. The smallest absolute Gasteiger partial charge is 0.217 e. The first-order chi connectivity index (χ1) is 9.59. The Morgan fingerprint density at radius 2 is 2.20 bits per heavy atom. The SMILES string of the molecule is CCCN1CCC(CNS(=O)(=O)Cc2ccon2)CC1. The van der Waals surface area contributed by atoms with Gasteiger partial charge in [-0.1, -0.05) is 12.1 Å². The lowest BCUT2D eigenvalue weighted by atomic mass is 9.97. The molecular weight excluding hydrogens is 278 g/mol. The molecular formula is C13H23N3O3S. The van der Waals surface area contributed by atoms with E-state index in [1.807, 2.05) is 0 Å². The number of piperidine rings is 1. The molecule has 0 unspecified atom stereocenters. The molecule has 1 aromatic rings. The van der Waals surface area contributed by atoms with Gasteiger partial charge in [0.05, 0.1) is 5.69 Å². The van der Waals surface area contributed by atoms with Crippen LogP contribution in [0.4, 0.5) is 0 Å². The number of nitrogens with zero attached hydrogens (tertiary/aromatic N) is 2. The van der Waals surface area contributed by atoms with Crippen LogP contribution >= 0.6 is 0 Å². The second-order valence-corrected chi connectivity index (χ2v) is 7.19. The van der Waals surface area contributed by atoms with Crippen LogP contribution in [0.3, 0.4) is 0 Å². The van der Waals surface area contributed by atoms with E-state index in [0.29, 0.717) is 18.2 Å². The highest BCUT2D eigenvalue weighted by Crippen LogP contribution is 2.17. The third kappa shape index (κ3) is 4.88. The van der Waals surface area contributed by atoms with Gasteiger partial charge in [-0.25, -0.2) is 13.1 Å². The summed E-state index contributed by atoms with van der Waals surface area (Å²) < 4.78 is 31.1. The van der Waals surface area contributed by atoms with Crippen molar-refractivity contribution in [2.45, 2.75) is 31.9 Å². The van der Waals surface area contributed by atoms with E-state index in [4.69, 9.17) is 0 Å². The van der Waals surface area contributed by atoms with Crippen molar-refractivity contribution in [3.63, 3.8) is 0 Å². The van der Waals surface area contributed by atoms with Crippen LogP contribution in [-0.2, 0) is 15.8 Å². The number of hydrogen-bond acceptors (Lipinski definition) is 5. The molecule has 2 rings (SSSR count). The van der Waals surface area contributed by atoms with Gasteiger partial charge in [0.1, 0.15) is 12.0 Å². The molecule has 2 heterocycles. The topological polar surface area (TPSA) is 75.4 Å². The number of rotatable bonds is 7. The van der Waals surface area contributed by atoms with Crippen LogP contribution in [-0.4, -0.2) is 44.7 Å². The standard InChI is InChI=1S/C13H23N3O3S/c1-2-6-16-7-3-12(4-8-16)10-14-20(17,18)11-13-5-9-19-15-13/h5,9,12,14H,2-4,6-8,10-11H2,1H3. The highest BCUT2D eigenvalue weighted by atomic mass is 32.2. The Bertz CT molecular complexity index is 479. The maximum atomic E-state index is 11.9. The van der Waals surface area contributed by atoms with Crippen LogP contribution in [0.5, 0.6) is 0 Å². The molecule has 1 saturated heterocycles. The Kier molecular flexibility index (Phi) is 5.56. The summed E-state index contributed by atoms with van der Waals surface area (Å²) in [6.07, 6.45) is 4.68. The van der Waals surface area contributed by atoms with E-state index in [9.17, 15) is 8.42 Å². The fourth-order valence-corrected chi connectivity index (χ4v) is 3.66. The Balaban J connectivity index is 1.72. The lowest BCUT2D eigenvalue weighted by Gasteiger charge is -2.31. The molecule has 7 heteroatoms. The van der Waals surface area contributed by atoms with Crippen molar-refractivity contribution in [1.82, 2.24) is 14.8 Å². The molecule has 0 spiro atoms. The summed E-state index contributed by atoms with van der Waals surface area (Å²) in [6.45, 7) is 6.00. The molecule has 0 saturated carbocycles. The van der Waals surface area contributed by atoms with Gasteiger partial charge in [-0.3, -0.25) is 0 Å². The summed E-state index contributed by atoms with van der Waals surface area (Å²) in [4.78, 5) is 2.44. The Labute approximate surface area is 120 Å². The molecule has 6 nitrogen and oxygen atoms in total. The molecule has 1 fully saturated rings. The van der Waals surface area contributed by atoms with Crippen molar-refractivity contribution in [2.24, 2.45) is 5.92 Å². The molecule has 1 N–H and O–H groups in total. The predicted molar refractivity (Wildman–Crippen MR) is 76.6 cm³/mol. The molecule has 0 aromatic carbocycles. The van der Waals surface area contributed by atoms with E-state index < -0.39 is 10.0 Å². The van der Waals surface area contributed by atoms with Crippen molar-refractivity contribution in [3.05, 3.63) is 18.0 Å². The van der Waals surface area contributed by atoms with Gasteiger partial charge >= 0.3 is 0 Å². The molecule has 0 bridgehead atoms. The van der Waals surface area contributed by atoms with Crippen molar-refractivity contribution in [2.75, 3.05) is 26.2 Å². The largest absolute Gasteiger partial charge is 0.364 e. The summed E-state index contributed by atoms with van der Waals surface area (Å²) in [5.74, 6) is 0.327. The first-order valence-electron chi connectivity index (χ1n) is 7.18. The van der Waals surface area contributed by atoms with E-state index in [0.717, 1.165) is 32.5 Å². The molecule has 1 aromatic heterocycles. The maximum Gasteiger partial charge on any atom is 0.217 e. The fourth-order valence-electron chi connectivity index (χ4n) is 2.53. The zero-order valence-electron chi connectivity index (χ0n) is 11.9. The van der Waals surface area contributed by atoms with Gasteiger partial charge in [-0.15, -0.1) is 0 Å². The lowest BCUT2D eigenvalue weighted by Crippen LogP contribution is -2.39. The van der Waals surface area contributed by atoms with Gasteiger partial charge in [-0.05, 0) is 44.8 Å². The predicted octanol–water partition coefficient (Wildman–Crippen LogP) is 1.22. The zero-order chi connectivity index (χ0) is 14.4. The average Bonchev–Trinajstić information content (AvgIpc) is 2.90. The highest BCUT2D eigenvalue weighted by Gasteiger charge is 2.21. The third-order valence-corrected chi connectivity index (χ3v) is 4.95. The Hall–Kier alpha value is -0.920. The van der Waals surface area contributed by atoms with E-state index in [2.05, 4.69) is 26.2 Å². The first-order valence-corrected chi connectivity index (χ1v) is 8.83. The maximum absolute atomic E-state index is 11.9. The van der Waals surface area contributed by atoms with Crippen LogP contribution < -0.4 is 4.72 Å². The number of hydrogen-bond donors (Lipinski definition) is 1. The molecule has 1 aliphatic rings. The molecule has 114 valence electrons. The van der Waals surface area contributed by atoms with Gasteiger partial charge in [0, 0.05) is 12.6 Å². The van der Waals surface area contributed by atoms with Crippen LogP contribution in [0.2, 0.25) is 0 Å².